The van der Waals surface area contributed by atoms with Crippen LogP contribution in [-0.4, -0.2) is 43.2 Å². The van der Waals surface area contributed by atoms with Crippen LogP contribution in [0.2, 0.25) is 0 Å². The molecule has 0 radical (unpaired) electrons. The van der Waals surface area contributed by atoms with Crippen molar-refractivity contribution in [2.75, 3.05) is 33.0 Å². The van der Waals surface area contributed by atoms with Gasteiger partial charge in [-0.25, -0.2) is 0 Å². The molecule has 0 amide bonds. The number of rotatable bonds is 9. The Hall–Kier alpha value is -1.61. The molecule has 2 atom stereocenters. The Balaban J connectivity index is 0.00000392. The van der Waals surface area contributed by atoms with Crippen molar-refractivity contribution in [2.24, 2.45) is 4.99 Å². The average Bonchev–Trinajstić information content (AvgIpc) is 2.73. The van der Waals surface area contributed by atoms with Gasteiger partial charge >= 0.3 is 0 Å². The minimum atomic E-state index is -0.998. The number of hydrogen-bond donors (Lipinski definition) is 2. The van der Waals surface area contributed by atoms with Crippen molar-refractivity contribution >= 4 is 40.7 Å². The van der Waals surface area contributed by atoms with Crippen LogP contribution in [0.4, 0.5) is 0 Å². The Labute approximate surface area is 187 Å². The largest absolute Gasteiger partial charge is 0.497 e. The lowest BCUT2D eigenvalue weighted by Gasteiger charge is -2.15. The number of hydrogen-bond acceptors (Lipinski definition) is 3. The summed E-state index contributed by atoms with van der Waals surface area (Å²) >= 11 is 0. The lowest BCUT2D eigenvalue weighted by Crippen LogP contribution is -2.39. The van der Waals surface area contributed by atoms with Gasteiger partial charge in [0.25, 0.3) is 0 Å². The van der Waals surface area contributed by atoms with Gasteiger partial charge < -0.3 is 15.4 Å². The number of nitrogens with one attached hydrogen (secondary N) is 2. The third-order valence-corrected chi connectivity index (χ3v) is 5.74. The molecule has 0 fully saturated rings. The molecule has 0 spiro atoms. The smallest absolute Gasteiger partial charge is 0.191 e. The second-order valence-corrected chi connectivity index (χ2v) is 7.82. The van der Waals surface area contributed by atoms with Crippen LogP contribution in [0.3, 0.4) is 0 Å². The minimum absolute atomic E-state index is 0. The molecule has 154 valence electrons. The molecule has 2 rings (SSSR count). The highest BCUT2D eigenvalue weighted by Gasteiger charge is 2.07. The highest BCUT2D eigenvalue weighted by Crippen LogP contribution is 2.21. The third kappa shape index (κ3) is 8.18. The molecule has 7 heteroatoms. The first kappa shape index (κ1) is 24.4. The zero-order chi connectivity index (χ0) is 19.5. The fraction of sp³-hybridized carbons (Fsp3) is 0.381. The van der Waals surface area contributed by atoms with Crippen molar-refractivity contribution < 1.29 is 8.95 Å². The third-order valence-electron chi connectivity index (χ3n) is 4.36. The van der Waals surface area contributed by atoms with Gasteiger partial charge in [-0.05, 0) is 42.2 Å². The summed E-state index contributed by atoms with van der Waals surface area (Å²) < 4.78 is 17.4. The zero-order valence-electron chi connectivity index (χ0n) is 16.7. The van der Waals surface area contributed by atoms with Crippen molar-refractivity contribution in [1.82, 2.24) is 10.6 Å². The maximum Gasteiger partial charge on any atom is 0.191 e. The highest BCUT2D eigenvalue weighted by molar-refractivity contribution is 14.0. The van der Waals surface area contributed by atoms with E-state index in [0.717, 1.165) is 29.6 Å². The monoisotopic (exact) mass is 515 g/mol. The Kier molecular flexibility index (Phi) is 11.8. The number of methoxy groups -OCH3 is 1. The van der Waals surface area contributed by atoms with Crippen molar-refractivity contribution in [1.29, 1.82) is 0 Å². The Morgan fingerprint density at radius 1 is 1.07 bits per heavy atom. The molecule has 0 aromatic heterocycles. The van der Waals surface area contributed by atoms with Crippen LogP contribution in [-0.2, 0) is 10.8 Å². The molecule has 5 nitrogen and oxygen atoms in total. The maximum absolute atomic E-state index is 12.2. The molecule has 0 saturated heterocycles. The number of nitrogens with zero attached hydrogens (tertiary/aromatic N) is 1. The molecule has 0 aliphatic carbocycles. The van der Waals surface area contributed by atoms with E-state index in [9.17, 15) is 4.21 Å². The van der Waals surface area contributed by atoms with E-state index < -0.39 is 10.8 Å². The fourth-order valence-corrected chi connectivity index (χ4v) is 3.66. The van der Waals surface area contributed by atoms with E-state index in [1.54, 1.807) is 14.2 Å². The average molecular weight is 515 g/mol. The molecule has 0 aliphatic rings. The zero-order valence-corrected chi connectivity index (χ0v) is 19.8. The Morgan fingerprint density at radius 2 is 1.71 bits per heavy atom. The Bertz CT molecular complexity index is 739. The first-order valence-electron chi connectivity index (χ1n) is 9.16. The lowest BCUT2D eigenvalue weighted by molar-refractivity contribution is 0.414. The van der Waals surface area contributed by atoms with E-state index in [1.165, 1.54) is 5.56 Å². The number of ether oxygens (including phenoxy) is 1. The summed E-state index contributed by atoms with van der Waals surface area (Å²) in [7, 11) is 2.43. The Morgan fingerprint density at radius 3 is 2.32 bits per heavy atom. The topological polar surface area (TPSA) is 62.7 Å². The predicted octanol–water partition coefficient (Wildman–Crippen LogP) is 3.78. The van der Waals surface area contributed by atoms with E-state index in [2.05, 4.69) is 34.7 Å². The van der Waals surface area contributed by atoms with Crippen LogP contribution in [0.5, 0.6) is 5.75 Å². The van der Waals surface area contributed by atoms with Gasteiger partial charge in [-0.3, -0.25) is 9.20 Å². The quantitative estimate of drug-likeness (QED) is 0.303. The van der Waals surface area contributed by atoms with Crippen LogP contribution >= 0.6 is 24.0 Å². The standard InChI is InChI=1S/C21H29N3O2S.HI/c1-17(18-9-11-19(26-3)12-10-18)13-14-23-21(22-2)24-15-16-27(25)20-7-5-4-6-8-20;/h4-12,17H,13-16H2,1-3H3,(H2,22,23,24);1H. The van der Waals surface area contributed by atoms with Crippen LogP contribution in [0.25, 0.3) is 0 Å². The van der Waals surface area contributed by atoms with Gasteiger partial charge in [0.05, 0.1) is 17.9 Å². The van der Waals surface area contributed by atoms with Crippen molar-refractivity contribution in [3.63, 3.8) is 0 Å². The molecule has 28 heavy (non-hydrogen) atoms. The van der Waals surface area contributed by atoms with Gasteiger partial charge in [-0.2, -0.15) is 0 Å². The molecular weight excluding hydrogens is 485 g/mol. The summed E-state index contributed by atoms with van der Waals surface area (Å²) in [5.41, 5.74) is 1.29. The number of benzene rings is 2. The summed E-state index contributed by atoms with van der Waals surface area (Å²) in [4.78, 5) is 5.09. The maximum atomic E-state index is 12.2. The molecule has 2 aromatic rings. The molecule has 0 bridgehead atoms. The van der Waals surface area contributed by atoms with E-state index in [4.69, 9.17) is 4.74 Å². The first-order valence-corrected chi connectivity index (χ1v) is 10.5. The number of halogens is 1. The first-order chi connectivity index (χ1) is 13.1. The summed E-state index contributed by atoms with van der Waals surface area (Å²) in [5, 5.41) is 6.55. The van der Waals surface area contributed by atoms with E-state index in [0.29, 0.717) is 18.2 Å². The van der Waals surface area contributed by atoms with Crippen LogP contribution in [0, 0.1) is 0 Å². The molecule has 2 unspecified atom stereocenters. The van der Waals surface area contributed by atoms with E-state index in [-0.39, 0.29) is 24.0 Å². The normalized spacial score (nSPS) is 13.2. The van der Waals surface area contributed by atoms with Gasteiger partial charge in [-0.15, -0.1) is 24.0 Å². The molecule has 2 aromatic carbocycles. The van der Waals surface area contributed by atoms with Gasteiger partial charge in [-0.1, -0.05) is 37.3 Å². The second kappa shape index (κ2) is 13.5. The van der Waals surface area contributed by atoms with Crippen LogP contribution in [0.15, 0.2) is 64.5 Å². The van der Waals surface area contributed by atoms with Crippen molar-refractivity contribution in [2.45, 2.75) is 24.2 Å². The second-order valence-electron chi connectivity index (χ2n) is 6.25. The summed E-state index contributed by atoms with van der Waals surface area (Å²) in [6.45, 7) is 3.63. The molecule has 0 heterocycles. The van der Waals surface area contributed by atoms with Gasteiger partial charge in [0.2, 0.25) is 0 Å². The lowest BCUT2D eigenvalue weighted by atomic mass is 9.98. The molecule has 0 aliphatic heterocycles. The predicted molar refractivity (Wildman–Crippen MR) is 129 cm³/mol. The molecule has 0 saturated carbocycles. The van der Waals surface area contributed by atoms with E-state index >= 15 is 0 Å². The van der Waals surface area contributed by atoms with Crippen LogP contribution in [0.1, 0.15) is 24.8 Å². The van der Waals surface area contributed by atoms with E-state index in [1.807, 2.05) is 42.5 Å². The van der Waals surface area contributed by atoms with Gasteiger partial charge in [0.15, 0.2) is 5.96 Å². The summed E-state index contributed by atoms with van der Waals surface area (Å²) in [5.74, 6) is 2.60. The highest BCUT2D eigenvalue weighted by atomic mass is 127. The summed E-state index contributed by atoms with van der Waals surface area (Å²) in [6.07, 6.45) is 0.989. The van der Waals surface area contributed by atoms with Crippen molar-refractivity contribution in [3.8, 4) is 5.75 Å². The van der Waals surface area contributed by atoms with Gasteiger partial charge in [0.1, 0.15) is 5.75 Å². The minimum Gasteiger partial charge on any atom is -0.497 e. The number of guanidine groups is 1. The van der Waals surface area contributed by atoms with Gasteiger partial charge in [0, 0.05) is 30.8 Å². The number of aliphatic imine (C=N–C) groups is 1. The fourth-order valence-electron chi connectivity index (χ4n) is 2.68. The van der Waals surface area contributed by atoms with Crippen LogP contribution < -0.4 is 15.4 Å². The van der Waals surface area contributed by atoms with Crippen molar-refractivity contribution in [3.05, 3.63) is 60.2 Å². The summed E-state index contributed by atoms with van der Waals surface area (Å²) in [6, 6.07) is 17.7. The molecule has 2 N–H and O–H groups in total. The molecular formula is C21H30IN3O2S. The SMILES string of the molecule is CN=C(NCCC(C)c1ccc(OC)cc1)NCCS(=O)c1ccccc1.I.